The van der Waals surface area contributed by atoms with Crippen LogP contribution in [0.2, 0.25) is 0 Å². The van der Waals surface area contributed by atoms with Gasteiger partial charge in [0.2, 0.25) is 5.91 Å². The van der Waals surface area contributed by atoms with E-state index in [9.17, 15) is 9.59 Å². The summed E-state index contributed by atoms with van der Waals surface area (Å²) in [6, 6.07) is 3.14. The van der Waals surface area contributed by atoms with Gasteiger partial charge >= 0.3 is 5.97 Å². The monoisotopic (exact) mass is 236 g/mol. The zero-order valence-electron chi connectivity index (χ0n) is 9.50. The normalized spacial score (nSPS) is 14.8. The van der Waals surface area contributed by atoms with Gasteiger partial charge in [0.25, 0.3) is 0 Å². The van der Waals surface area contributed by atoms with Crippen molar-refractivity contribution in [3.63, 3.8) is 0 Å². The molecule has 3 N–H and O–H groups in total. The molecule has 1 amide bonds. The molecule has 5 nitrogen and oxygen atoms in total. The van der Waals surface area contributed by atoms with Crippen LogP contribution in [-0.4, -0.2) is 22.0 Å². The molecule has 0 spiro atoms. The lowest BCUT2D eigenvalue weighted by atomic mass is 10.1. The van der Waals surface area contributed by atoms with Crippen LogP contribution >= 0.6 is 0 Å². The van der Waals surface area contributed by atoms with Crippen molar-refractivity contribution in [2.24, 2.45) is 11.7 Å². The van der Waals surface area contributed by atoms with Gasteiger partial charge in [-0.25, -0.2) is 0 Å². The van der Waals surface area contributed by atoms with Gasteiger partial charge in [-0.1, -0.05) is 12.8 Å². The standard InChI is InChI=1S/C6H6N2O.C6H10O2/c7-6(9)5-1-3-8-4-2-5;7-6(8)5-3-1-2-4-5/h1-4H,(H2,7,9);5H,1-4H2,(H,7,8). The average Bonchev–Trinajstić information content (AvgIpc) is 2.84. The number of amides is 1. The minimum Gasteiger partial charge on any atom is -0.481 e. The Morgan fingerprint density at radius 2 is 1.76 bits per heavy atom. The van der Waals surface area contributed by atoms with Crippen LogP contribution in [0.3, 0.4) is 0 Å². The highest BCUT2D eigenvalue weighted by Crippen LogP contribution is 2.24. The molecule has 0 unspecified atom stereocenters. The van der Waals surface area contributed by atoms with E-state index in [0.29, 0.717) is 5.56 Å². The van der Waals surface area contributed by atoms with Gasteiger partial charge in [0.1, 0.15) is 0 Å². The van der Waals surface area contributed by atoms with Gasteiger partial charge in [0.15, 0.2) is 0 Å². The molecule has 0 bridgehead atoms. The van der Waals surface area contributed by atoms with E-state index in [0.717, 1.165) is 25.7 Å². The molecule has 1 saturated carbocycles. The van der Waals surface area contributed by atoms with Crippen LogP contribution < -0.4 is 5.73 Å². The third kappa shape index (κ3) is 4.63. The summed E-state index contributed by atoms with van der Waals surface area (Å²) in [7, 11) is 0. The second-order valence-electron chi connectivity index (χ2n) is 3.92. The van der Waals surface area contributed by atoms with E-state index in [1.807, 2.05) is 0 Å². The lowest BCUT2D eigenvalue weighted by molar-refractivity contribution is -0.141. The fourth-order valence-corrected chi connectivity index (χ4v) is 1.69. The molecule has 1 aliphatic carbocycles. The van der Waals surface area contributed by atoms with Gasteiger partial charge in [-0.05, 0) is 25.0 Å². The summed E-state index contributed by atoms with van der Waals surface area (Å²) in [5, 5.41) is 8.41. The Morgan fingerprint density at radius 3 is 2.06 bits per heavy atom. The number of nitrogens with two attached hydrogens (primary N) is 1. The second-order valence-corrected chi connectivity index (χ2v) is 3.92. The van der Waals surface area contributed by atoms with Crippen molar-refractivity contribution in [1.82, 2.24) is 4.98 Å². The van der Waals surface area contributed by atoms with E-state index < -0.39 is 11.9 Å². The number of pyridine rings is 1. The Labute approximate surface area is 99.7 Å². The molecule has 0 atom stereocenters. The first-order valence-electron chi connectivity index (χ1n) is 5.54. The first kappa shape index (κ1) is 13.2. The number of hydrogen-bond acceptors (Lipinski definition) is 3. The number of carbonyl (C=O) groups excluding carboxylic acids is 1. The highest BCUT2D eigenvalue weighted by atomic mass is 16.4. The first-order chi connectivity index (χ1) is 8.11. The molecule has 1 heterocycles. The van der Waals surface area contributed by atoms with Gasteiger partial charge in [-0.2, -0.15) is 0 Å². The van der Waals surface area contributed by atoms with Crippen molar-refractivity contribution in [3.05, 3.63) is 30.1 Å². The highest BCUT2D eigenvalue weighted by Gasteiger charge is 2.20. The van der Waals surface area contributed by atoms with Gasteiger partial charge < -0.3 is 10.8 Å². The molecule has 1 aromatic rings. The van der Waals surface area contributed by atoms with Crippen LogP contribution in [0.15, 0.2) is 24.5 Å². The Hall–Kier alpha value is -1.91. The average molecular weight is 236 g/mol. The molecular weight excluding hydrogens is 220 g/mol. The molecule has 0 saturated heterocycles. The Balaban J connectivity index is 0.000000171. The predicted molar refractivity (Wildman–Crippen MR) is 62.3 cm³/mol. The van der Waals surface area contributed by atoms with E-state index in [2.05, 4.69) is 4.98 Å². The van der Waals surface area contributed by atoms with Gasteiger partial charge in [-0.3, -0.25) is 14.6 Å². The topological polar surface area (TPSA) is 93.3 Å². The number of aromatic nitrogens is 1. The van der Waals surface area contributed by atoms with Crippen molar-refractivity contribution in [2.45, 2.75) is 25.7 Å². The quantitative estimate of drug-likeness (QED) is 0.812. The smallest absolute Gasteiger partial charge is 0.306 e. The molecule has 0 aliphatic heterocycles. The number of primary amides is 1. The summed E-state index contributed by atoms with van der Waals surface area (Å²) >= 11 is 0. The number of nitrogens with zero attached hydrogens (tertiary/aromatic N) is 1. The third-order valence-corrected chi connectivity index (χ3v) is 2.67. The SMILES string of the molecule is NC(=O)c1ccncc1.O=C(O)C1CCCC1. The molecule has 1 aliphatic rings. The summed E-state index contributed by atoms with van der Waals surface area (Å²) in [6.07, 6.45) is 7.07. The number of hydrogen-bond donors (Lipinski definition) is 2. The summed E-state index contributed by atoms with van der Waals surface area (Å²) in [6.45, 7) is 0. The van der Waals surface area contributed by atoms with Crippen molar-refractivity contribution >= 4 is 11.9 Å². The fraction of sp³-hybridized carbons (Fsp3) is 0.417. The molecular formula is C12H16N2O3. The van der Waals surface area contributed by atoms with Crippen LogP contribution in [0, 0.1) is 5.92 Å². The summed E-state index contributed by atoms with van der Waals surface area (Å²) < 4.78 is 0. The van der Waals surface area contributed by atoms with Crippen LogP contribution in [0.1, 0.15) is 36.0 Å². The van der Waals surface area contributed by atoms with E-state index in [4.69, 9.17) is 10.8 Å². The van der Waals surface area contributed by atoms with Crippen molar-refractivity contribution < 1.29 is 14.7 Å². The number of carbonyl (C=O) groups is 2. The zero-order chi connectivity index (χ0) is 12.7. The second kappa shape index (κ2) is 6.62. The Kier molecular flexibility index (Phi) is 5.13. The largest absolute Gasteiger partial charge is 0.481 e. The lowest BCUT2D eigenvalue weighted by Gasteiger charge is -1.97. The molecule has 0 radical (unpaired) electrons. The molecule has 1 fully saturated rings. The van der Waals surface area contributed by atoms with Crippen molar-refractivity contribution in [2.75, 3.05) is 0 Å². The lowest BCUT2D eigenvalue weighted by Crippen LogP contribution is -2.10. The maximum absolute atomic E-state index is 10.4. The van der Waals surface area contributed by atoms with Gasteiger partial charge in [0, 0.05) is 18.0 Å². The van der Waals surface area contributed by atoms with Crippen LogP contribution in [0.25, 0.3) is 0 Å². The molecule has 2 rings (SSSR count). The molecule has 1 aromatic heterocycles. The predicted octanol–water partition coefficient (Wildman–Crippen LogP) is 1.44. The Morgan fingerprint density at radius 1 is 1.24 bits per heavy atom. The van der Waals surface area contributed by atoms with Gasteiger partial charge in [-0.15, -0.1) is 0 Å². The van der Waals surface area contributed by atoms with Crippen LogP contribution in [0.5, 0.6) is 0 Å². The highest BCUT2D eigenvalue weighted by molar-refractivity contribution is 5.92. The number of carboxylic acid groups (broad SMARTS) is 1. The minimum absolute atomic E-state index is 0.0185. The minimum atomic E-state index is -0.609. The van der Waals surface area contributed by atoms with E-state index in [1.54, 1.807) is 12.1 Å². The molecule has 92 valence electrons. The van der Waals surface area contributed by atoms with E-state index >= 15 is 0 Å². The number of carboxylic acids is 1. The number of aliphatic carboxylic acids is 1. The van der Waals surface area contributed by atoms with Crippen LogP contribution in [-0.2, 0) is 4.79 Å². The fourth-order valence-electron chi connectivity index (χ4n) is 1.69. The molecule has 0 aromatic carbocycles. The third-order valence-electron chi connectivity index (χ3n) is 2.67. The maximum atomic E-state index is 10.4. The van der Waals surface area contributed by atoms with Gasteiger partial charge in [0.05, 0.1) is 5.92 Å². The van der Waals surface area contributed by atoms with Crippen molar-refractivity contribution in [1.29, 1.82) is 0 Å². The molecule has 17 heavy (non-hydrogen) atoms. The zero-order valence-corrected chi connectivity index (χ0v) is 9.50. The Bertz CT molecular complexity index is 373. The van der Waals surface area contributed by atoms with E-state index in [1.165, 1.54) is 12.4 Å². The first-order valence-corrected chi connectivity index (χ1v) is 5.54. The van der Waals surface area contributed by atoms with Crippen LogP contribution in [0.4, 0.5) is 0 Å². The molecule has 5 heteroatoms. The maximum Gasteiger partial charge on any atom is 0.306 e. The summed E-state index contributed by atoms with van der Waals surface area (Å²) in [4.78, 5) is 24.3. The van der Waals surface area contributed by atoms with E-state index in [-0.39, 0.29) is 5.92 Å². The number of rotatable bonds is 2. The van der Waals surface area contributed by atoms with Crippen molar-refractivity contribution in [3.8, 4) is 0 Å². The summed E-state index contributed by atoms with van der Waals surface area (Å²) in [5.74, 6) is -1.05. The summed E-state index contributed by atoms with van der Waals surface area (Å²) in [5.41, 5.74) is 5.44.